The van der Waals surface area contributed by atoms with Crippen molar-refractivity contribution in [2.24, 2.45) is 11.7 Å². The molecule has 0 unspecified atom stereocenters. The number of hydrogen-bond donors (Lipinski definition) is 1. The molecule has 2 amide bonds. The highest BCUT2D eigenvalue weighted by molar-refractivity contribution is 9.10. The van der Waals surface area contributed by atoms with Gasteiger partial charge in [-0.25, -0.2) is 0 Å². The molecule has 6 nitrogen and oxygen atoms in total. The monoisotopic (exact) mass is 412 g/mol. The quantitative estimate of drug-likeness (QED) is 0.617. The van der Waals surface area contributed by atoms with Crippen LogP contribution >= 0.6 is 15.9 Å². The van der Waals surface area contributed by atoms with Crippen LogP contribution in [-0.4, -0.2) is 32.2 Å². The van der Waals surface area contributed by atoms with Gasteiger partial charge >= 0.3 is 0 Å². The Hall–Kier alpha value is -2.46. The number of carbonyl (C=O) groups excluding carboxylic acids is 2. The van der Waals surface area contributed by atoms with Crippen LogP contribution in [0.2, 0.25) is 0 Å². The Morgan fingerprint density at radius 3 is 2.88 bits per heavy atom. The highest BCUT2D eigenvalue weighted by Crippen LogP contribution is 2.55. The molecule has 1 aromatic heterocycles. The summed E-state index contributed by atoms with van der Waals surface area (Å²) in [6.45, 7) is 1.77. The first-order valence-corrected chi connectivity index (χ1v) is 9.25. The van der Waals surface area contributed by atoms with Crippen LogP contribution < -0.4 is 5.73 Å². The average Bonchev–Trinajstić information content (AvgIpc) is 3.26. The van der Waals surface area contributed by atoms with Crippen LogP contribution in [0.4, 0.5) is 0 Å². The number of hydrogen-bond acceptors (Lipinski definition) is 4. The summed E-state index contributed by atoms with van der Waals surface area (Å²) in [6, 6.07) is 9.57. The van der Waals surface area contributed by atoms with Gasteiger partial charge in [0, 0.05) is 17.1 Å². The fraction of sp³-hybridized carbons (Fsp3) is 0.368. The van der Waals surface area contributed by atoms with Crippen molar-refractivity contribution in [2.45, 2.75) is 36.7 Å². The van der Waals surface area contributed by atoms with Gasteiger partial charge in [-0.15, -0.1) is 0 Å². The Balaban J connectivity index is 1.77. The summed E-state index contributed by atoms with van der Waals surface area (Å²) in [6.07, 6.45) is 1.57. The van der Waals surface area contributed by atoms with Gasteiger partial charge in [0.25, 0.3) is 0 Å². The number of amides is 2. The molecule has 1 saturated heterocycles. The first-order chi connectivity index (χ1) is 12.4. The zero-order chi connectivity index (χ0) is 18.6. The minimum atomic E-state index is -0.956. The molecule has 2 heterocycles. The summed E-state index contributed by atoms with van der Waals surface area (Å²) in [5.41, 5.74) is 7.80. The van der Waals surface area contributed by atoms with E-state index >= 15 is 0 Å². The fourth-order valence-corrected chi connectivity index (χ4v) is 4.94. The molecule has 1 saturated carbocycles. The molecule has 2 aliphatic rings. The van der Waals surface area contributed by atoms with E-state index in [1.807, 2.05) is 18.2 Å². The number of benzene rings is 1. The molecule has 3 atom stereocenters. The molecule has 26 heavy (non-hydrogen) atoms. The number of halogens is 1. The zero-order valence-electron chi connectivity index (χ0n) is 14.2. The number of aromatic nitrogens is 1. The third-order valence-electron chi connectivity index (χ3n) is 5.35. The lowest BCUT2D eigenvalue weighted by molar-refractivity contribution is -0.132. The Kier molecular flexibility index (Phi) is 3.77. The lowest BCUT2D eigenvalue weighted by Gasteiger charge is -2.30. The van der Waals surface area contributed by atoms with Crippen LogP contribution in [0.3, 0.4) is 0 Å². The second kappa shape index (κ2) is 5.78. The van der Waals surface area contributed by atoms with E-state index in [4.69, 9.17) is 5.73 Å². The van der Waals surface area contributed by atoms with Crippen molar-refractivity contribution in [2.75, 3.05) is 0 Å². The maximum Gasteiger partial charge on any atom is 0.249 e. The summed E-state index contributed by atoms with van der Waals surface area (Å²) in [7, 11) is 0. The van der Waals surface area contributed by atoms with Gasteiger partial charge in [0.2, 0.25) is 11.8 Å². The van der Waals surface area contributed by atoms with E-state index in [1.54, 1.807) is 17.9 Å². The summed E-state index contributed by atoms with van der Waals surface area (Å²) in [5.74, 6) is -0.383. The van der Waals surface area contributed by atoms with Crippen molar-refractivity contribution in [3.8, 4) is 6.07 Å². The molecule has 1 aliphatic carbocycles. The van der Waals surface area contributed by atoms with Gasteiger partial charge in [-0.2, -0.15) is 5.26 Å². The van der Waals surface area contributed by atoms with Gasteiger partial charge in [-0.1, -0.05) is 18.2 Å². The maximum atomic E-state index is 13.1. The van der Waals surface area contributed by atoms with Gasteiger partial charge in [-0.05, 0) is 53.2 Å². The fourth-order valence-electron chi connectivity index (χ4n) is 4.07. The Morgan fingerprint density at radius 2 is 2.19 bits per heavy atom. The summed E-state index contributed by atoms with van der Waals surface area (Å²) < 4.78 is -0.956. The lowest BCUT2D eigenvalue weighted by atomic mass is 9.97. The predicted octanol–water partition coefficient (Wildman–Crippen LogP) is 2.42. The van der Waals surface area contributed by atoms with Crippen molar-refractivity contribution < 1.29 is 9.59 Å². The van der Waals surface area contributed by atoms with Gasteiger partial charge in [0.05, 0.1) is 17.5 Å². The third-order valence-corrected chi connectivity index (χ3v) is 6.23. The van der Waals surface area contributed by atoms with E-state index < -0.39 is 10.4 Å². The van der Waals surface area contributed by atoms with E-state index in [1.165, 1.54) is 0 Å². The van der Waals surface area contributed by atoms with Crippen molar-refractivity contribution in [3.63, 3.8) is 0 Å². The van der Waals surface area contributed by atoms with E-state index in [0.29, 0.717) is 40.1 Å². The second-order valence-electron chi connectivity index (χ2n) is 7.01. The van der Waals surface area contributed by atoms with Crippen LogP contribution in [0.15, 0.2) is 24.3 Å². The Morgan fingerprint density at radius 1 is 1.46 bits per heavy atom. The highest BCUT2D eigenvalue weighted by Gasteiger charge is 2.61. The standard InChI is InChI=1S/C19H17BrN4O2/c1-10-13(17(18(22)26)12-4-2-3-5-14(12)23-10)7-16(25)24-15-6-11(15)8-19(24,20)9-21/h2-5,11,15H,6-8H2,1H3,(H2,22,26)/t11-,15-,19+/m0/s1. The van der Waals surface area contributed by atoms with Gasteiger partial charge in [0.15, 0.2) is 4.45 Å². The predicted molar refractivity (Wildman–Crippen MR) is 99.3 cm³/mol. The number of para-hydroxylation sites is 1. The van der Waals surface area contributed by atoms with Crippen LogP contribution in [0, 0.1) is 24.2 Å². The van der Waals surface area contributed by atoms with Gasteiger partial charge < -0.3 is 10.6 Å². The molecule has 1 aliphatic heterocycles. The number of nitrogens with two attached hydrogens (primary N) is 1. The minimum absolute atomic E-state index is 0.000189. The van der Waals surface area contributed by atoms with Crippen molar-refractivity contribution in [1.29, 1.82) is 5.26 Å². The molecule has 0 radical (unpaired) electrons. The number of alkyl halides is 1. The van der Waals surface area contributed by atoms with E-state index in [2.05, 4.69) is 27.0 Å². The molecular weight excluding hydrogens is 396 g/mol. The minimum Gasteiger partial charge on any atom is -0.366 e. The SMILES string of the molecule is Cc1nc2ccccc2c(C(N)=O)c1CC(=O)N1[C@H]2C[C@H]2C[C@]1(Br)C#N. The molecule has 2 N–H and O–H groups in total. The molecule has 1 aromatic carbocycles. The maximum absolute atomic E-state index is 13.1. The summed E-state index contributed by atoms with van der Waals surface area (Å²) >= 11 is 3.44. The van der Waals surface area contributed by atoms with E-state index in [0.717, 1.165) is 6.42 Å². The molecule has 2 aromatic rings. The Labute approximate surface area is 159 Å². The first-order valence-electron chi connectivity index (χ1n) is 8.46. The third kappa shape index (κ3) is 2.48. The van der Waals surface area contributed by atoms with Crippen LogP contribution in [0.5, 0.6) is 0 Å². The zero-order valence-corrected chi connectivity index (χ0v) is 15.8. The normalized spacial score (nSPS) is 26.4. The molecule has 2 fully saturated rings. The lowest BCUT2D eigenvalue weighted by Crippen LogP contribution is -2.45. The smallest absolute Gasteiger partial charge is 0.249 e. The number of nitrogens with zero attached hydrogens (tertiary/aromatic N) is 3. The van der Waals surface area contributed by atoms with Crippen LogP contribution in [0.25, 0.3) is 10.9 Å². The molecular formula is C19H17BrN4O2. The van der Waals surface area contributed by atoms with E-state index in [9.17, 15) is 14.9 Å². The number of nitriles is 1. The number of likely N-dealkylation sites (tertiary alicyclic amines) is 1. The summed E-state index contributed by atoms with van der Waals surface area (Å²) in [5, 5.41) is 10.2. The van der Waals surface area contributed by atoms with Gasteiger partial charge in [-0.3, -0.25) is 14.6 Å². The average molecular weight is 413 g/mol. The number of rotatable bonds is 3. The van der Waals surface area contributed by atoms with Crippen LogP contribution in [-0.2, 0) is 11.2 Å². The molecule has 0 bridgehead atoms. The van der Waals surface area contributed by atoms with Crippen molar-refractivity contribution >= 4 is 38.6 Å². The largest absolute Gasteiger partial charge is 0.366 e. The molecule has 0 spiro atoms. The number of primary amides is 1. The number of carbonyl (C=O) groups is 2. The first kappa shape index (κ1) is 17.0. The number of fused-ring (bicyclic) bond motifs is 2. The van der Waals surface area contributed by atoms with Crippen molar-refractivity contribution in [3.05, 3.63) is 41.1 Å². The highest BCUT2D eigenvalue weighted by atomic mass is 79.9. The topological polar surface area (TPSA) is 100 Å². The second-order valence-corrected chi connectivity index (χ2v) is 8.32. The van der Waals surface area contributed by atoms with Crippen molar-refractivity contribution in [1.82, 2.24) is 9.88 Å². The molecule has 7 heteroatoms. The van der Waals surface area contributed by atoms with Gasteiger partial charge in [0.1, 0.15) is 6.07 Å². The number of pyridine rings is 1. The Bertz CT molecular complexity index is 999. The van der Waals surface area contributed by atoms with Crippen LogP contribution in [0.1, 0.15) is 34.5 Å². The summed E-state index contributed by atoms with van der Waals surface area (Å²) in [4.78, 5) is 31.4. The number of aryl methyl sites for hydroxylation is 1. The number of piperidine rings is 1. The molecule has 132 valence electrons. The van der Waals surface area contributed by atoms with E-state index in [-0.39, 0.29) is 18.4 Å². The molecule has 4 rings (SSSR count).